The van der Waals surface area contributed by atoms with Gasteiger partial charge in [0, 0.05) is 22.4 Å². The first-order chi connectivity index (χ1) is 7.59. The SMILES string of the molecule is CNC(C)(CO)CCCSc1nc(C)cs1. The van der Waals surface area contributed by atoms with Gasteiger partial charge in [0.2, 0.25) is 0 Å². The van der Waals surface area contributed by atoms with E-state index in [1.807, 2.05) is 20.9 Å². The van der Waals surface area contributed by atoms with Crippen LogP contribution in [0.25, 0.3) is 0 Å². The molecular weight excluding hydrogens is 240 g/mol. The molecule has 1 heterocycles. The van der Waals surface area contributed by atoms with Gasteiger partial charge in [-0.3, -0.25) is 0 Å². The highest BCUT2D eigenvalue weighted by atomic mass is 32.2. The largest absolute Gasteiger partial charge is 0.394 e. The Labute approximate surface area is 106 Å². The number of rotatable bonds is 7. The third kappa shape index (κ3) is 4.41. The first kappa shape index (κ1) is 14.0. The minimum absolute atomic E-state index is 0.140. The van der Waals surface area contributed by atoms with Gasteiger partial charge >= 0.3 is 0 Å². The summed E-state index contributed by atoms with van der Waals surface area (Å²) >= 11 is 3.51. The summed E-state index contributed by atoms with van der Waals surface area (Å²) < 4.78 is 1.15. The Balaban J connectivity index is 2.21. The Morgan fingerprint density at radius 3 is 2.88 bits per heavy atom. The highest BCUT2D eigenvalue weighted by Gasteiger charge is 2.19. The van der Waals surface area contributed by atoms with Crippen molar-refractivity contribution in [2.75, 3.05) is 19.4 Å². The van der Waals surface area contributed by atoms with E-state index in [1.165, 1.54) is 0 Å². The van der Waals surface area contributed by atoms with Gasteiger partial charge in [-0.15, -0.1) is 11.3 Å². The predicted octanol–water partition coefficient (Wildman–Crippen LogP) is 2.29. The van der Waals surface area contributed by atoms with Gasteiger partial charge in [0.1, 0.15) is 4.34 Å². The number of aryl methyl sites for hydroxylation is 1. The van der Waals surface area contributed by atoms with Crippen LogP contribution in [0, 0.1) is 6.92 Å². The van der Waals surface area contributed by atoms with Gasteiger partial charge in [0.15, 0.2) is 0 Å². The zero-order chi connectivity index (χ0) is 12.0. The van der Waals surface area contributed by atoms with Crippen LogP contribution in [0.4, 0.5) is 0 Å². The molecule has 1 rings (SSSR count). The zero-order valence-electron chi connectivity index (χ0n) is 10.1. The lowest BCUT2D eigenvalue weighted by Gasteiger charge is -2.26. The molecule has 3 nitrogen and oxygen atoms in total. The summed E-state index contributed by atoms with van der Waals surface area (Å²) in [5, 5.41) is 14.5. The lowest BCUT2D eigenvalue weighted by Crippen LogP contribution is -2.43. The smallest absolute Gasteiger partial charge is 0.150 e. The molecule has 1 atom stereocenters. The molecule has 0 saturated heterocycles. The standard InChI is InChI=1S/C11H20N2OS2/c1-9-7-16-10(13-9)15-6-4-5-11(2,8-14)12-3/h7,12,14H,4-6,8H2,1-3H3. The molecule has 0 aliphatic carbocycles. The first-order valence-electron chi connectivity index (χ1n) is 5.44. The fourth-order valence-electron chi connectivity index (χ4n) is 1.30. The van der Waals surface area contributed by atoms with Crippen molar-refractivity contribution in [3.63, 3.8) is 0 Å². The quantitative estimate of drug-likeness (QED) is 0.583. The summed E-state index contributed by atoms with van der Waals surface area (Å²) in [6, 6.07) is 0. The number of aromatic nitrogens is 1. The van der Waals surface area contributed by atoms with Gasteiger partial charge in [-0.2, -0.15) is 0 Å². The van der Waals surface area contributed by atoms with E-state index < -0.39 is 0 Å². The van der Waals surface area contributed by atoms with Crippen LogP contribution in [0.3, 0.4) is 0 Å². The average molecular weight is 260 g/mol. The number of hydrogen-bond acceptors (Lipinski definition) is 5. The molecule has 2 N–H and O–H groups in total. The summed E-state index contributed by atoms with van der Waals surface area (Å²) in [4.78, 5) is 4.40. The monoisotopic (exact) mass is 260 g/mol. The second kappa shape index (κ2) is 6.59. The van der Waals surface area contributed by atoms with Crippen LogP contribution in [0.15, 0.2) is 9.72 Å². The minimum Gasteiger partial charge on any atom is -0.394 e. The molecule has 0 saturated carbocycles. The van der Waals surface area contributed by atoms with Crippen LogP contribution in [0.1, 0.15) is 25.5 Å². The molecule has 0 spiro atoms. The topological polar surface area (TPSA) is 45.1 Å². The fourth-order valence-corrected chi connectivity index (χ4v) is 3.16. The second-order valence-corrected chi connectivity index (χ2v) is 6.38. The maximum atomic E-state index is 9.23. The van der Waals surface area contributed by atoms with Crippen molar-refractivity contribution in [1.29, 1.82) is 0 Å². The summed E-state index contributed by atoms with van der Waals surface area (Å²) in [6.45, 7) is 4.25. The van der Waals surface area contributed by atoms with Gasteiger partial charge in [-0.25, -0.2) is 4.98 Å². The van der Waals surface area contributed by atoms with Crippen molar-refractivity contribution in [1.82, 2.24) is 10.3 Å². The maximum absolute atomic E-state index is 9.23. The molecule has 1 aromatic rings. The summed E-state index contributed by atoms with van der Waals surface area (Å²) in [6.07, 6.45) is 2.07. The Kier molecular flexibility index (Phi) is 5.75. The van der Waals surface area contributed by atoms with E-state index in [-0.39, 0.29) is 12.1 Å². The van der Waals surface area contributed by atoms with E-state index in [0.717, 1.165) is 28.6 Å². The molecule has 0 aliphatic heterocycles. The highest BCUT2D eigenvalue weighted by molar-refractivity contribution is 8.00. The van der Waals surface area contributed by atoms with E-state index in [4.69, 9.17) is 0 Å². The Hall–Kier alpha value is -0.100. The van der Waals surface area contributed by atoms with Gasteiger partial charge in [-0.1, -0.05) is 11.8 Å². The molecule has 92 valence electrons. The van der Waals surface area contributed by atoms with Crippen LogP contribution < -0.4 is 5.32 Å². The zero-order valence-corrected chi connectivity index (χ0v) is 11.7. The Bertz CT molecular complexity index is 311. The van der Waals surface area contributed by atoms with E-state index >= 15 is 0 Å². The van der Waals surface area contributed by atoms with Gasteiger partial charge in [0.25, 0.3) is 0 Å². The van der Waals surface area contributed by atoms with Gasteiger partial charge in [-0.05, 0) is 33.7 Å². The molecule has 0 radical (unpaired) electrons. The van der Waals surface area contributed by atoms with Crippen LogP contribution in [-0.2, 0) is 0 Å². The van der Waals surface area contributed by atoms with Gasteiger partial charge in [0.05, 0.1) is 6.61 Å². The molecule has 1 unspecified atom stereocenters. The van der Waals surface area contributed by atoms with Crippen LogP contribution >= 0.6 is 23.1 Å². The molecule has 0 amide bonds. The van der Waals surface area contributed by atoms with Crippen molar-refractivity contribution in [2.45, 2.75) is 36.6 Å². The molecule has 0 bridgehead atoms. The molecule has 0 aromatic carbocycles. The van der Waals surface area contributed by atoms with Crippen molar-refractivity contribution < 1.29 is 5.11 Å². The number of likely N-dealkylation sites (N-methyl/N-ethyl adjacent to an activating group) is 1. The van der Waals surface area contributed by atoms with E-state index in [1.54, 1.807) is 23.1 Å². The van der Waals surface area contributed by atoms with Crippen molar-refractivity contribution >= 4 is 23.1 Å². The summed E-state index contributed by atoms with van der Waals surface area (Å²) in [5.74, 6) is 1.06. The van der Waals surface area contributed by atoms with Crippen LogP contribution in [0.2, 0.25) is 0 Å². The minimum atomic E-state index is -0.140. The number of thioether (sulfide) groups is 1. The van der Waals surface area contributed by atoms with Crippen LogP contribution in [-0.4, -0.2) is 35.0 Å². The maximum Gasteiger partial charge on any atom is 0.150 e. The van der Waals surface area contributed by atoms with E-state index in [0.29, 0.717) is 0 Å². The Morgan fingerprint density at radius 1 is 1.62 bits per heavy atom. The van der Waals surface area contributed by atoms with Crippen molar-refractivity contribution in [3.8, 4) is 0 Å². The molecule has 5 heteroatoms. The van der Waals surface area contributed by atoms with Crippen molar-refractivity contribution in [2.24, 2.45) is 0 Å². The molecule has 16 heavy (non-hydrogen) atoms. The average Bonchev–Trinajstić information content (AvgIpc) is 2.70. The third-order valence-corrected chi connectivity index (χ3v) is 4.87. The third-order valence-electron chi connectivity index (χ3n) is 2.65. The lowest BCUT2D eigenvalue weighted by molar-refractivity contribution is 0.173. The Morgan fingerprint density at radius 2 is 2.38 bits per heavy atom. The number of nitrogens with one attached hydrogen (secondary N) is 1. The number of nitrogens with zero attached hydrogens (tertiary/aromatic N) is 1. The highest BCUT2D eigenvalue weighted by Crippen LogP contribution is 2.24. The van der Waals surface area contributed by atoms with E-state index in [9.17, 15) is 5.11 Å². The van der Waals surface area contributed by atoms with E-state index in [2.05, 4.69) is 15.7 Å². The number of hydrogen-bond donors (Lipinski definition) is 2. The first-order valence-corrected chi connectivity index (χ1v) is 7.31. The number of aliphatic hydroxyl groups excluding tert-OH is 1. The normalized spacial score (nSPS) is 15.0. The summed E-state index contributed by atoms with van der Waals surface area (Å²) in [7, 11) is 1.90. The predicted molar refractivity (Wildman–Crippen MR) is 71.4 cm³/mol. The van der Waals surface area contributed by atoms with Gasteiger partial charge < -0.3 is 10.4 Å². The molecular formula is C11H20N2OS2. The fraction of sp³-hybridized carbons (Fsp3) is 0.727. The summed E-state index contributed by atoms with van der Waals surface area (Å²) in [5.41, 5.74) is 0.960. The lowest BCUT2D eigenvalue weighted by atomic mass is 9.98. The second-order valence-electron chi connectivity index (χ2n) is 4.18. The molecule has 0 fully saturated rings. The molecule has 1 aromatic heterocycles. The number of thiazole rings is 1. The molecule has 0 aliphatic rings. The number of aliphatic hydroxyl groups is 1. The van der Waals surface area contributed by atoms with Crippen LogP contribution in [0.5, 0.6) is 0 Å². The van der Waals surface area contributed by atoms with Crippen molar-refractivity contribution in [3.05, 3.63) is 11.1 Å².